The van der Waals surface area contributed by atoms with Crippen LogP contribution in [0.4, 0.5) is 0 Å². The summed E-state index contributed by atoms with van der Waals surface area (Å²) in [6, 6.07) is -0.846. The van der Waals surface area contributed by atoms with Crippen molar-refractivity contribution in [3.05, 3.63) is 18.2 Å². The average molecular weight is 211 g/mol. The zero-order valence-electron chi connectivity index (χ0n) is 8.26. The third-order valence-electron chi connectivity index (χ3n) is 1.55. The van der Waals surface area contributed by atoms with Gasteiger partial charge < -0.3 is 16.0 Å². The molecular formula is C9H13N3O3. The van der Waals surface area contributed by atoms with Gasteiger partial charge in [0.25, 0.3) is 0 Å². The molecular weight excluding hydrogens is 198 g/mol. The predicted molar refractivity (Wildman–Crippen MR) is 53.1 cm³/mol. The van der Waals surface area contributed by atoms with Crippen LogP contribution in [-0.2, 0) is 14.3 Å². The van der Waals surface area contributed by atoms with E-state index >= 15 is 0 Å². The lowest BCUT2D eigenvalue weighted by atomic mass is 10.1. The van der Waals surface area contributed by atoms with Crippen LogP contribution >= 0.6 is 0 Å². The quantitative estimate of drug-likeness (QED) is 0.205. The van der Waals surface area contributed by atoms with Gasteiger partial charge >= 0.3 is 12.2 Å². The number of Topliss-reactive ketones (excluding diaryl/α,β-unsaturated/α-hetero) is 1. The van der Waals surface area contributed by atoms with E-state index in [1.165, 1.54) is 6.08 Å². The molecule has 0 heterocycles. The highest BCUT2D eigenvalue weighted by Gasteiger charge is 2.16. The monoisotopic (exact) mass is 211 g/mol. The van der Waals surface area contributed by atoms with Gasteiger partial charge in [0.2, 0.25) is 5.78 Å². The fourth-order valence-electron chi connectivity index (χ4n) is 0.793. The number of nitrogens with two attached hydrogens (primary N) is 1. The maximum atomic E-state index is 11.1. The van der Waals surface area contributed by atoms with Gasteiger partial charge in [0.05, 0.1) is 0 Å². The number of carbonyl (C=O) groups is 2. The summed E-state index contributed by atoms with van der Waals surface area (Å²) in [5.41, 5.74) is 13.5. The molecule has 6 nitrogen and oxygen atoms in total. The first-order chi connectivity index (χ1) is 7.11. The molecule has 0 radical (unpaired) electrons. The van der Waals surface area contributed by atoms with Crippen molar-refractivity contribution < 1.29 is 19.1 Å². The summed E-state index contributed by atoms with van der Waals surface area (Å²) in [5, 5.41) is 0. The molecule has 1 atom stereocenters. The molecule has 0 aliphatic heterocycles. The second kappa shape index (κ2) is 7.61. The zero-order chi connectivity index (χ0) is 11.7. The molecule has 0 aromatic rings. The Hall–Kier alpha value is -1.78. The number of hydrogen-bond acceptors (Lipinski definition) is 4. The Morgan fingerprint density at radius 3 is 2.80 bits per heavy atom. The summed E-state index contributed by atoms with van der Waals surface area (Å²) in [4.78, 5) is 24.5. The first-order valence-corrected chi connectivity index (χ1v) is 4.35. The number of rotatable bonds is 7. The van der Waals surface area contributed by atoms with Crippen LogP contribution in [0.1, 0.15) is 12.8 Å². The normalized spacial score (nSPS) is 11.0. The number of hydrogen-bond donors (Lipinski definition) is 1. The van der Waals surface area contributed by atoms with Crippen molar-refractivity contribution in [1.82, 2.24) is 0 Å². The van der Waals surface area contributed by atoms with E-state index in [1.54, 1.807) is 0 Å². The van der Waals surface area contributed by atoms with E-state index in [1.807, 2.05) is 0 Å². The Morgan fingerprint density at radius 1 is 1.60 bits per heavy atom. The molecule has 0 bridgehead atoms. The van der Waals surface area contributed by atoms with E-state index in [2.05, 4.69) is 16.1 Å². The Morgan fingerprint density at radius 2 is 2.27 bits per heavy atom. The lowest BCUT2D eigenvalue weighted by molar-refractivity contribution is -0.144. The van der Waals surface area contributed by atoms with Gasteiger partial charge in [0, 0.05) is 6.42 Å². The number of nitrogens with zero attached hydrogens (tertiary/aromatic N) is 2. The Balaban J connectivity index is 3.86. The highest BCUT2D eigenvalue weighted by Crippen LogP contribution is 1.97. The minimum atomic E-state index is -0.846. The molecule has 0 rings (SSSR count). The van der Waals surface area contributed by atoms with Crippen LogP contribution in [0.2, 0.25) is 0 Å². The third kappa shape index (κ3) is 6.31. The Kier molecular flexibility index (Phi) is 6.70. The first-order valence-electron chi connectivity index (χ1n) is 4.35. The van der Waals surface area contributed by atoms with Crippen LogP contribution < -0.4 is 5.73 Å². The van der Waals surface area contributed by atoms with E-state index in [9.17, 15) is 9.59 Å². The van der Waals surface area contributed by atoms with Crippen molar-refractivity contribution in [1.29, 1.82) is 0 Å². The van der Waals surface area contributed by atoms with Crippen LogP contribution in [0.25, 0.3) is 5.53 Å². The standard InChI is InChI=1S/C9H13N3O3/c1-2-5-15-9(14)8(10)4-3-7(13)6-12-11/h2,6,8H,1,3-5,10H2/t8-/m0/s1. The second-order valence-corrected chi connectivity index (χ2v) is 2.77. The van der Waals surface area contributed by atoms with Crippen molar-refractivity contribution >= 4 is 18.0 Å². The molecule has 2 N–H and O–H groups in total. The summed E-state index contributed by atoms with van der Waals surface area (Å²) in [7, 11) is 0. The molecule has 0 unspecified atom stereocenters. The van der Waals surface area contributed by atoms with Crippen LogP contribution in [0.5, 0.6) is 0 Å². The van der Waals surface area contributed by atoms with Gasteiger partial charge in [-0.25, -0.2) is 0 Å². The molecule has 0 aromatic carbocycles. The average Bonchev–Trinajstić information content (AvgIpc) is 2.22. The molecule has 0 saturated heterocycles. The molecule has 0 aliphatic rings. The number of carbonyl (C=O) groups excluding carboxylic acids is 2. The highest BCUT2D eigenvalue weighted by atomic mass is 16.5. The maximum absolute atomic E-state index is 11.1. The van der Waals surface area contributed by atoms with Gasteiger partial charge in [0.1, 0.15) is 12.6 Å². The molecule has 0 aromatic heterocycles. The molecule has 0 amide bonds. The summed E-state index contributed by atoms with van der Waals surface area (Å²) in [5.74, 6) is -0.979. The van der Waals surface area contributed by atoms with Gasteiger partial charge in [-0.3, -0.25) is 9.59 Å². The number of ketones is 1. The molecule has 0 aliphatic carbocycles. The van der Waals surface area contributed by atoms with Gasteiger partial charge in [-0.2, -0.15) is 4.79 Å². The van der Waals surface area contributed by atoms with Crippen LogP contribution in [0, 0.1) is 0 Å². The lowest BCUT2D eigenvalue weighted by Crippen LogP contribution is -2.33. The summed E-state index contributed by atoms with van der Waals surface area (Å²) < 4.78 is 4.67. The minimum Gasteiger partial charge on any atom is -0.460 e. The SMILES string of the molecule is C=CCOC(=O)[C@@H](N)CCC(=O)C=[N+]=[N-]. The van der Waals surface area contributed by atoms with Crippen molar-refractivity contribution in [3.63, 3.8) is 0 Å². The highest BCUT2D eigenvalue weighted by molar-refractivity contribution is 6.25. The van der Waals surface area contributed by atoms with E-state index in [0.29, 0.717) is 0 Å². The first kappa shape index (κ1) is 13.2. The van der Waals surface area contributed by atoms with Crippen molar-refractivity contribution in [2.24, 2.45) is 5.73 Å². The lowest BCUT2D eigenvalue weighted by Gasteiger charge is -2.08. The van der Waals surface area contributed by atoms with E-state index in [4.69, 9.17) is 11.3 Å². The molecule has 6 heteroatoms. The van der Waals surface area contributed by atoms with Gasteiger partial charge in [-0.15, -0.1) is 0 Å². The maximum Gasteiger partial charge on any atom is 0.323 e. The third-order valence-corrected chi connectivity index (χ3v) is 1.55. The molecule has 82 valence electrons. The smallest absolute Gasteiger partial charge is 0.323 e. The summed E-state index contributed by atoms with van der Waals surface area (Å²) in [6.07, 6.45) is 2.38. The summed E-state index contributed by atoms with van der Waals surface area (Å²) in [6.45, 7) is 3.47. The molecule has 15 heavy (non-hydrogen) atoms. The fourth-order valence-corrected chi connectivity index (χ4v) is 0.793. The molecule has 0 spiro atoms. The number of ether oxygens (including phenoxy) is 1. The van der Waals surface area contributed by atoms with Crippen LogP contribution in [-0.4, -0.2) is 35.4 Å². The fraction of sp³-hybridized carbons (Fsp3) is 0.444. The molecule has 0 fully saturated rings. The van der Waals surface area contributed by atoms with Crippen LogP contribution in [0.15, 0.2) is 12.7 Å². The van der Waals surface area contributed by atoms with Crippen molar-refractivity contribution in [2.45, 2.75) is 18.9 Å². The van der Waals surface area contributed by atoms with Crippen molar-refractivity contribution in [2.75, 3.05) is 6.61 Å². The van der Waals surface area contributed by atoms with Gasteiger partial charge in [0.15, 0.2) is 0 Å². The second-order valence-electron chi connectivity index (χ2n) is 2.77. The zero-order valence-corrected chi connectivity index (χ0v) is 8.26. The van der Waals surface area contributed by atoms with E-state index in [0.717, 1.165) is 6.21 Å². The Labute approximate surface area is 87.3 Å². The summed E-state index contributed by atoms with van der Waals surface area (Å²) >= 11 is 0. The number of esters is 1. The van der Waals surface area contributed by atoms with Gasteiger partial charge in [-0.05, 0) is 6.42 Å². The largest absolute Gasteiger partial charge is 0.460 e. The van der Waals surface area contributed by atoms with Gasteiger partial charge in [-0.1, -0.05) is 12.7 Å². The van der Waals surface area contributed by atoms with E-state index in [-0.39, 0.29) is 19.4 Å². The molecule has 0 saturated carbocycles. The topological polar surface area (TPSA) is 106 Å². The predicted octanol–water partition coefficient (Wildman–Crippen LogP) is -0.307. The Bertz CT molecular complexity index is 295. The van der Waals surface area contributed by atoms with E-state index < -0.39 is 17.8 Å². The minimum absolute atomic E-state index is 0.0361. The van der Waals surface area contributed by atoms with Crippen LogP contribution in [0.3, 0.4) is 0 Å². The van der Waals surface area contributed by atoms with Crippen molar-refractivity contribution in [3.8, 4) is 0 Å².